The molecular formula is C23H29NO5. The number of nitrogens with zero attached hydrogens (tertiary/aromatic N) is 1. The second-order valence-corrected chi connectivity index (χ2v) is 6.42. The number of oxime groups is 1. The molecule has 0 aliphatic carbocycles. The highest BCUT2D eigenvalue weighted by molar-refractivity contribution is 6.01. The molecule has 0 saturated heterocycles. The molecule has 0 heterocycles. The van der Waals surface area contributed by atoms with E-state index in [1.54, 1.807) is 6.92 Å². The van der Waals surface area contributed by atoms with Gasteiger partial charge in [0, 0.05) is 18.6 Å². The zero-order valence-corrected chi connectivity index (χ0v) is 17.5. The monoisotopic (exact) mass is 399 g/mol. The molecule has 2 aromatic rings. The largest absolute Gasteiger partial charge is 0.487 e. The molecule has 0 aliphatic rings. The Labute approximate surface area is 172 Å². The minimum absolute atomic E-state index is 0.279. The fourth-order valence-electron chi connectivity index (χ4n) is 2.83. The van der Waals surface area contributed by atoms with Crippen molar-refractivity contribution in [3.05, 3.63) is 65.2 Å². The van der Waals surface area contributed by atoms with Gasteiger partial charge in [-0.2, -0.15) is 0 Å². The summed E-state index contributed by atoms with van der Waals surface area (Å²) in [5.41, 5.74) is 3.77. The number of aryl methyl sites for hydroxylation is 1. The molecule has 0 radical (unpaired) electrons. The lowest BCUT2D eigenvalue weighted by molar-refractivity contribution is -0.156. The minimum Gasteiger partial charge on any atom is -0.487 e. The van der Waals surface area contributed by atoms with Crippen LogP contribution in [-0.2, 0) is 25.5 Å². The number of hydrogen-bond donors (Lipinski definition) is 0. The van der Waals surface area contributed by atoms with Crippen LogP contribution in [0.4, 0.5) is 0 Å². The molecule has 1 unspecified atom stereocenters. The highest BCUT2D eigenvalue weighted by atomic mass is 16.6. The summed E-state index contributed by atoms with van der Waals surface area (Å²) >= 11 is 0. The maximum Gasteiger partial charge on any atom is 0.335 e. The van der Waals surface area contributed by atoms with Crippen molar-refractivity contribution in [2.45, 2.75) is 33.3 Å². The van der Waals surface area contributed by atoms with Gasteiger partial charge in [-0.25, -0.2) is 4.79 Å². The van der Waals surface area contributed by atoms with Crippen LogP contribution in [0.3, 0.4) is 0 Å². The van der Waals surface area contributed by atoms with E-state index in [1.807, 2.05) is 62.4 Å². The first-order valence-electron chi connectivity index (χ1n) is 9.74. The molecule has 0 fully saturated rings. The second kappa shape index (κ2) is 11.9. The van der Waals surface area contributed by atoms with Gasteiger partial charge >= 0.3 is 5.97 Å². The maximum atomic E-state index is 12.0. The summed E-state index contributed by atoms with van der Waals surface area (Å²) in [4.78, 5) is 17.0. The molecule has 1 atom stereocenters. The Morgan fingerprint density at radius 2 is 1.83 bits per heavy atom. The van der Waals surface area contributed by atoms with Crippen LogP contribution in [0.2, 0.25) is 0 Å². The SMILES string of the molecule is CCOC(=O)C(Cc1ccc(OCC(=NOC)c2cccc(C)c2)cc1)OCC. The summed E-state index contributed by atoms with van der Waals surface area (Å²) in [6.07, 6.45) is -0.152. The van der Waals surface area contributed by atoms with Crippen LogP contribution in [0, 0.1) is 6.92 Å². The van der Waals surface area contributed by atoms with Crippen molar-refractivity contribution in [1.82, 2.24) is 0 Å². The molecule has 2 aromatic carbocycles. The molecule has 0 N–H and O–H groups in total. The van der Waals surface area contributed by atoms with E-state index >= 15 is 0 Å². The predicted molar refractivity (Wildman–Crippen MR) is 112 cm³/mol. The Kier molecular flexibility index (Phi) is 9.18. The van der Waals surface area contributed by atoms with E-state index < -0.39 is 6.10 Å². The molecule has 29 heavy (non-hydrogen) atoms. The highest BCUT2D eigenvalue weighted by Crippen LogP contribution is 2.16. The second-order valence-electron chi connectivity index (χ2n) is 6.42. The molecule has 0 amide bonds. The Bertz CT molecular complexity index is 801. The van der Waals surface area contributed by atoms with E-state index in [-0.39, 0.29) is 12.6 Å². The van der Waals surface area contributed by atoms with Crippen molar-refractivity contribution >= 4 is 11.7 Å². The lowest BCUT2D eigenvalue weighted by atomic mass is 10.1. The zero-order valence-electron chi connectivity index (χ0n) is 17.5. The van der Waals surface area contributed by atoms with Crippen LogP contribution < -0.4 is 4.74 Å². The standard InChI is InChI=1S/C23H29NO5/c1-5-27-22(23(25)28-6-2)15-18-10-12-20(13-11-18)29-16-21(24-26-4)19-9-7-8-17(3)14-19/h7-14,22H,5-6,15-16H2,1-4H3. The molecule has 0 aliphatic heterocycles. The first-order chi connectivity index (χ1) is 14.1. The van der Waals surface area contributed by atoms with E-state index in [9.17, 15) is 4.79 Å². The average molecular weight is 399 g/mol. The van der Waals surface area contributed by atoms with Crippen LogP contribution in [-0.4, -0.2) is 44.7 Å². The number of ether oxygens (including phenoxy) is 3. The smallest absolute Gasteiger partial charge is 0.335 e. The molecule has 0 aromatic heterocycles. The lowest BCUT2D eigenvalue weighted by Crippen LogP contribution is -2.28. The van der Waals surface area contributed by atoms with E-state index in [0.29, 0.717) is 31.1 Å². The van der Waals surface area contributed by atoms with Gasteiger partial charge in [0.1, 0.15) is 25.2 Å². The predicted octanol–water partition coefficient (Wildman–Crippen LogP) is 3.94. The molecule has 0 spiro atoms. The zero-order chi connectivity index (χ0) is 21.1. The lowest BCUT2D eigenvalue weighted by Gasteiger charge is -2.16. The molecular weight excluding hydrogens is 370 g/mol. The van der Waals surface area contributed by atoms with E-state index in [1.165, 1.54) is 7.11 Å². The quantitative estimate of drug-likeness (QED) is 0.325. The summed E-state index contributed by atoms with van der Waals surface area (Å²) in [6.45, 7) is 6.73. The fourth-order valence-corrected chi connectivity index (χ4v) is 2.83. The van der Waals surface area contributed by atoms with Gasteiger partial charge in [-0.05, 0) is 44.5 Å². The minimum atomic E-state index is -0.603. The van der Waals surface area contributed by atoms with E-state index in [4.69, 9.17) is 19.0 Å². The van der Waals surface area contributed by atoms with E-state index in [2.05, 4.69) is 5.16 Å². The van der Waals surface area contributed by atoms with Crippen molar-refractivity contribution in [1.29, 1.82) is 0 Å². The summed E-state index contributed by atoms with van der Waals surface area (Å²) in [7, 11) is 1.52. The molecule has 6 nitrogen and oxygen atoms in total. The maximum absolute atomic E-state index is 12.0. The first-order valence-corrected chi connectivity index (χ1v) is 9.74. The van der Waals surface area contributed by atoms with Crippen LogP contribution >= 0.6 is 0 Å². The van der Waals surface area contributed by atoms with Crippen LogP contribution in [0.15, 0.2) is 53.7 Å². The topological polar surface area (TPSA) is 66.4 Å². The van der Waals surface area contributed by atoms with Crippen LogP contribution in [0.5, 0.6) is 5.75 Å². The van der Waals surface area contributed by atoms with Crippen molar-refractivity contribution in [3.8, 4) is 5.75 Å². The third-order valence-electron chi connectivity index (χ3n) is 4.19. The number of esters is 1. The van der Waals surface area contributed by atoms with Crippen molar-refractivity contribution in [2.24, 2.45) is 5.16 Å². The Morgan fingerprint density at radius 1 is 1.07 bits per heavy atom. The molecule has 2 rings (SSSR count). The van der Waals surface area contributed by atoms with Crippen molar-refractivity contribution in [3.63, 3.8) is 0 Å². The summed E-state index contributed by atoms with van der Waals surface area (Å²) < 4.78 is 16.5. The number of carbonyl (C=O) groups excluding carboxylic acids is 1. The van der Waals surface area contributed by atoms with Crippen LogP contribution in [0.25, 0.3) is 0 Å². The Morgan fingerprint density at radius 3 is 2.45 bits per heavy atom. The van der Waals surface area contributed by atoms with E-state index in [0.717, 1.165) is 16.7 Å². The van der Waals surface area contributed by atoms with Gasteiger partial charge in [0.05, 0.1) is 6.61 Å². The molecule has 156 valence electrons. The normalized spacial score (nSPS) is 12.3. The fraction of sp³-hybridized carbons (Fsp3) is 0.391. The molecule has 6 heteroatoms. The van der Waals surface area contributed by atoms with Gasteiger partial charge in [-0.1, -0.05) is 41.1 Å². The number of rotatable bonds is 11. The number of carbonyl (C=O) groups is 1. The summed E-state index contributed by atoms with van der Waals surface area (Å²) in [5, 5.41) is 4.09. The van der Waals surface area contributed by atoms with Gasteiger partial charge in [0.25, 0.3) is 0 Å². The molecule has 0 bridgehead atoms. The van der Waals surface area contributed by atoms with Gasteiger partial charge in [-0.15, -0.1) is 0 Å². The van der Waals surface area contributed by atoms with Gasteiger partial charge < -0.3 is 19.0 Å². The van der Waals surface area contributed by atoms with Crippen molar-refractivity contribution < 1.29 is 23.8 Å². The Hall–Kier alpha value is -2.86. The average Bonchev–Trinajstić information content (AvgIpc) is 2.72. The molecule has 0 saturated carbocycles. The van der Waals surface area contributed by atoms with Crippen molar-refractivity contribution in [2.75, 3.05) is 26.9 Å². The highest BCUT2D eigenvalue weighted by Gasteiger charge is 2.20. The Balaban J connectivity index is 2.00. The van der Waals surface area contributed by atoms with Gasteiger partial charge in [0.2, 0.25) is 0 Å². The third kappa shape index (κ3) is 7.23. The van der Waals surface area contributed by atoms with Gasteiger partial charge in [0.15, 0.2) is 6.10 Å². The summed E-state index contributed by atoms with van der Waals surface area (Å²) in [5.74, 6) is 0.363. The first kappa shape index (κ1) is 22.4. The third-order valence-corrected chi connectivity index (χ3v) is 4.19. The van der Waals surface area contributed by atoms with Crippen LogP contribution in [0.1, 0.15) is 30.5 Å². The number of hydrogen-bond acceptors (Lipinski definition) is 6. The summed E-state index contributed by atoms with van der Waals surface area (Å²) in [6, 6.07) is 15.6. The van der Waals surface area contributed by atoms with Gasteiger partial charge in [-0.3, -0.25) is 0 Å². The number of benzene rings is 2.